The lowest BCUT2D eigenvalue weighted by Gasteiger charge is -2.11. The molecule has 112 valence electrons. The first-order valence-electron chi connectivity index (χ1n) is 7.35. The Kier molecular flexibility index (Phi) is 5.66. The molecule has 2 nitrogen and oxygen atoms in total. The van der Waals surface area contributed by atoms with Crippen LogP contribution < -0.4 is 10.1 Å². The van der Waals surface area contributed by atoms with Gasteiger partial charge >= 0.3 is 0 Å². The number of hydrogen-bond donors (Lipinski definition) is 1. The van der Waals surface area contributed by atoms with Crippen molar-refractivity contribution in [3.8, 4) is 16.9 Å². The topological polar surface area (TPSA) is 21.3 Å². The highest BCUT2D eigenvalue weighted by Gasteiger charge is 2.05. The SMILES string of the molecule is CCOc1ccc(-c2ccc(CNC(C)C)c(Cl)c2)cc1. The van der Waals surface area contributed by atoms with E-state index >= 15 is 0 Å². The van der Waals surface area contributed by atoms with Crippen LogP contribution in [0.4, 0.5) is 0 Å². The molecule has 0 bridgehead atoms. The van der Waals surface area contributed by atoms with Gasteiger partial charge in [-0.25, -0.2) is 0 Å². The van der Waals surface area contributed by atoms with Crippen molar-refractivity contribution in [3.63, 3.8) is 0 Å². The molecule has 0 aliphatic rings. The smallest absolute Gasteiger partial charge is 0.119 e. The molecule has 0 saturated carbocycles. The predicted molar refractivity (Wildman–Crippen MR) is 90.0 cm³/mol. The van der Waals surface area contributed by atoms with E-state index in [4.69, 9.17) is 16.3 Å². The lowest BCUT2D eigenvalue weighted by atomic mass is 10.0. The normalized spacial score (nSPS) is 10.9. The average molecular weight is 304 g/mol. The fraction of sp³-hybridized carbons (Fsp3) is 0.333. The third-order valence-corrected chi connectivity index (χ3v) is 3.60. The van der Waals surface area contributed by atoms with Gasteiger partial charge in [0.05, 0.1) is 6.61 Å². The van der Waals surface area contributed by atoms with E-state index < -0.39 is 0 Å². The van der Waals surface area contributed by atoms with E-state index in [2.05, 4.69) is 43.4 Å². The lowest BCUT2D eigenvalue weighted by Crippen LogP contribution is -2.21. The molecule has 0 amide bonds. The zero-order valence-electron chi connectivity index (χ0n) is 12.8. The van der Waals surface area contributed by atoms with Gasteiger partial charge in [0.25, 0.3) is 0 Å². The number of halogens is 1. The number of rotatable bonds is 6. The molecule has 2 aromatic carbocycles. The zero-order valence-corrected chi connectivity index (χ0v) is 13.6. The molecular weight excluding hydrogens is 282 g/mol. The summed E-state index contributed by atoms with van der Waals surface area (Å²) in [5, 5.41) is 4.18. The molecule has 0 saturated heterocycles. The van der Waals surface area contributed by atoms with E-state index in [-0.39, 0.29) is 0 Å². The summed E-state index contributed by atoms with van der Waals surface area (Å²) in [7, 11) is 0. The molecule has 0 atom stereocenters. The van der Waals surface area contributed by atoms with Crippen LogP contribution in [0.2, 0.25) is 5.02 Å². The van der Waals surface area contributed by atoms with E-state index in [1.54, 1.807) is 0 Å². The van der Waals surface area contributed by atoms with Crippen molar-refractivity contribution in [1.29, 1.82) is 0 Å². The largest absolute Gasteiger partial charge is 0.494 e. The Balaban J connectivity index is 2.15. The molecule has 3 heteroatoms. The quantitative estimate of drug-likeness (QED) is 0.819. The van der Waals surface area contributed by atoms with Gasteiger partial charge in [0.1, 0.15) is 5.75 Å². The molecule has 0 aromatic heterocycles. The molecule has 0 aliphatic carbocycles. The van der Waals surface area contributed by atoms with Crippen molar-refractivity contribution in [2.75, 3.05) is 6.61 Å². The Morgan fingerprint density at radius 2 is 1.71 bits per heavy atom. The molecule has 0 aliphatic heterocycles. The van der Waals surface area contributed by atoms with Crippen molar-refractivity contribution in [2.24, 2.45) is 0 Å². The molecule has 0 heterocycles. The summed E-state index contributed by atoms with van der Waals surface area (Å²) in [5.41, 5.74) is 3.39. The second-order valence-corrected chi connectivity index (χ2v) is 5.71. The fourth-order valence-electron chi connectivity index (χ4n) is 2.09. The second-order valence-electron chi connectivity index (χ2n) is 5.30. The average Bonchev–Trinajstić information content (AvgIpc) is 2.47. The molecule has 21 heavy (non-hydrogen) atoms. The van der Waals surface area contributed by atoms with Crippen LogP contribution in [-0.2, 0) is 6.54 Å². The summed E-state index contributed by atoms with van der Waals surface area (Å²) in [6.07, 6.45) is 0. The first kappa shape index (κ1) is 15.9. The third kappa shape index (κ3) is 4.48. The molecule has 0 unspecified atom stereocenters. The van der Waals surface area contributed by atoms with Crippen molar-refractivity contribution < 1.29 is 4.74 Å². The van der Waals surface area contributed by atoms with Gasteiger partial charge in [-0.3, -0.25) is 0 Å². The van der Waals surface area contributed by atoms with E-state index in [1.807, 2.05) is 25.1 Å². The van der Waals surface area contributed by atoms with Gasteiger partial charge in [-0.05, 0) is 41.8 Å². The van der Waals surface area contributed by atoms with Crippen LogP contribution >= 0.6 is 11.6 Å². The van der Waals surface area contributed by atoms with E-state index in [1.165, 1.54) is 0 Å². The van der Waals surface area contributed by atoms with E-state index in [0.717, 1.165) is 34.0 Å². The monoisotopic (exact) mass is 303 g/mol. The minimum atomic E-state index is 0.451. The van der Waals surface area contributed by atoms with Gasteiger partial charge in [0.15, 0.2) is 0 Å². The maximum Gasteiger partial charge on any atom is 0.119 e. The molecule has 0 radical (unpaired) electrons. The summed E-state index contributed by atoms with van der Waals surface area (Å²) in [6, 6.07) is 14.8. The first-order valence-corrected chi connectivity index (χ1v) is 7.73. The Labute approximate surface area is 132 Å². The summed E-state index contributed by atoms with van der Waals surface area (Å²) < 4.78 is 5.46. The molecular formula is C18H22ClNO. The number of hydrogen-bond acceptors (Lipinski definition) is 2. The van der Waals surface area contributed by atoms with Gasteiger partial charge in [-0.2, -0.15) is 0 Å². The summed E-state index contributed by atoms with van der Waals surface area (Å²) in [5.74, 6) is 0.894. The van der Waals surface area contributed by atoms with Crippen molar-refractivity contribution >= 4 is 11.6 Å². The van der Waals surface area contributed by atoms with Crippen molar-refractivity contribution in [1.82, 2.24) is 5.32 Å². The van der Waals surface area contributed by atoms with Crippen LogP contribution in [0.1, 0.15) is 26.3 Å². The maximum absolute atomic E-state index is 6.38. The van der Waals surface area contributed by atoms with Crippen molar-refractivity contribution in [3.05, 3.63) is 53.1 Å². The highest BCUT2D eigenvalue weighted by molar-refractivity contribution is 6.31. The number of nitrogens with one attached hydrogen (secondary N) is 1. The molecule has 2 rings (SSSR count). The number of benzene rings is 2. The Bertz CT molecular complexity index is 578. The summed E-state index contributed by atoms with van der Waals surface area (Å²) >= 11 is 6.38. The van der Waals surface area contributed by atoms with E-state index in [0.29, 0.717) is 12.6 Å². The van der Waals surface area contributed by atoms with Crippen LogP contribution in [-0.4, -0.2) is 12.6 Å². The van der Waals surface area contributed by atoms with E-state index in [9.17, 15) is 0 Å². The second kappa shape index (κ2) is 7.48. The molecule has 0 spiro atoms. The maximum atomic E-state index is 6.38. The Morgan fingerprint density at radius 3 is 2.29 bits per heavy atom. The van der Waals surface area contributed by atoms with Gasteiger partial charge in [0, 0.05) is 17.6 Å². The first-order chi connectivity index (χ1) is 10.1. The fourth-order valence-corrected chi connectivity index (χ4v) is 2.34. The minimum absolute atomic E-state index is 0.451. The van der Waals surface area contributed by atoms with Crippen LogP contribution in [0, 0.1) is 0 Å². The van der Waals surface area contributed by atoms with Crippen molar-refractivity contribution in [2.45, 2.75) is 33.4 Å². The Morgan fingerprint density at radius 1 is 1.05 bits per heavy atom. The Hall–Kier alpha value is -1.51. The number of ether oxygens (including phenoxy) is 1. The van der Waals surface area contributed by atoms with Gasteiger partial charge in [-0.1, -0.05) is 49.7 Å². The molecule has 1 N–H and O–H groups in total. The van der Waals surface area contributed by atoms with Crippen LogP contribution in [0.3, 0.4) is 0 Å². The van der Waals surface area contributed by atoms with Crippen LogP contribution in [0.5, 0.6) is 5.75 Å². The lowest BCUT2D eigenvalue weighted by molar-refractivity contribution is 0.340. The highest BCUT2D eigenvalue weighted by atomic mass is 35.5. The summed E-state index contributed by atoms with van der Waals surface area (Å²) in [4.78, 5) is 0. The zero-order chi connectivity index (χ0) is 15.2. The molecule has 0 fully saturated rings. The van der Waals surface area contributed by atoms with Gasteiger partial charge in [-0.15, -0.1) is 0 Å². The van der Waals surface area contributed by atoms with Gasteiger partial charge < -0.3 is 10.1 Å². The standard InChI is InChI=1S/C18H22ClNO/c1-4-21-17-9-7-14(8-10-17)15-5-6-16(18(19)11-15)12-20-13(2)3/h5-11,13,20H,4,12H2,1-3H3. The predicted octanol–water partition coefficient (Wildman–Crippen LogP) is 4.90. The third-order valence-electron chi connectivity index (χ3n) is 3.25. The van der Waals surface area contributed by atoms with Gasteiger partial charge in [0.2, 0.25) is 0 Å². The molecule has 2 aromatic rings. The van der Waals surface area contributed by atoms with Crippen LogP contribution in [0.15, 0.2) is 42.5 Å². The highest BCUT2D eigenvalue weighted by Crippen LogP contribution is 2.27. The van der Waals surface area contributed by atoms with Crippen LogP contribution in [0.25, 0.3) is 11.1 Å². The minimum Gasteiger partial charge on any atom is -0.494 e. The summed E-state index contributed by atoms with van der Waals surface area (Å²) in [6.45, 7) is 7.71.